The van der Waals surface area contributed by atoms with E-state index in [9.17, 15) is 14.7 Å². The van der Waals surface area contributed by atoms with Gasteiger partial charge in [-0.05, 0) is 61.6 Å². The molecule has 2 aromatic carbocycles. The van der Waals surface area contributed by atoms with Crippen LogP contribution in [0, 0.1) is 5.92 Å². The number of fused-ring (bicyclic) bond motifs is 1. The number of rotatable bonds is 5. The van der Waals surface area contributed by atoms with Crippen LogP contribution in [0.25, 0.3) is 27.8 Å². The van der Waals surface area contributed by atoms with Crippen LogP contribution in [0.5, 0.6) is 0 Å². The maximum Gasteiger partial charge on any atom is 0.264 e. The molecule has 1 saturated carbocycles. The fraction of sp³-hybridized carbons (Fsp3) is 0.333. The normalized spacial score (nSPS) is 17.3. The van der Waals surface area contributed by atoms with E-state index in [1.54, 1.807) is 16.8 Å². The summed E-state index contributed by atoms with van der Waals surface area (Å²) in [6, 6.07) is 12.9. The van der Waals surface area contributed by atoms with Crippen LogP contribution in [-0.4, -0.2) is 53.9 Å². The summed E-state index contributed by atoms with van der Waals surface area (Å²) in [6.45, 7) is 1.13. The first-order valence-corrected chi connectivity index (χ1v) is 13.1. The number of aliphatic hydroxyl groups is 1. The molecule has 37 heavy (non-hydrogen) atoms. The van der Waals surface area contributed by atoms with Crippen LogP contribution in [0.15, 0.2) is 59.8 Å². The highest BCUT2D eigenvalue weighted by atomic mass is 35.5. The lowest BCUT2D eigenvalue weighted by Crippen LogP contribution is -2.50. The first-order valence-electron chi connectivity index (χ1n) is 12.3. The summed E-state index contributed by atoms with van der Waals surface area (Å²) < 4.78 is 3.05. The lowest BCUT2D eigenvalue weighted by atomic mass is 9.91. The SMILES string of the molecule is O=C(C1CC1)N1CCC(O)(Cn2cnc3c(cnn3-c3ccc(-c4cc(Cl)ccc4Cl)cc3)c2=O)CC1. The van der Waals surface area contributed by atoms with Crippen LogP contribution in [0.3, 0.4) is 0 Å². The minimum Gasteiger partial charge on any atom is -0.388 e. The van der Waals surface area contributed by atoms with Crippen molar-refractivity contribution in [1.82, 2.24) is 24.2 Å². The Morgan fingerprint density at radius 3 is 2.51 bits per heavy atom. The number of halogens is 2. The maximum atomic E-state index is 13.2. The number of piperidine rings is 1. The number of hydrogen-bond acceptors (Lipinski definition) is 5. The van der Waals surface area contributed by atoms with E-state index in [-0.39, 0.29) is 23.9 Å². The Bertz CT molecular complexity index is 1550. The number of nitrogens with zero attached hydrogens (tertiary/aromatic N) is 5. The van der Waals surface area contributed by atoms with E-state index < -0.39 is 5.60 Å². The van der Waals surface area contributed by atoms with Gasteiger partial charge in [0.2, 0.25) is 5.91 Å². The molecule has 1 amide bonds. The Balaban J connectivity index is 1.22. The minimum absolute atomic E-state index is 0.125. The van der Waals surface area contributed by atoms with E-state index >= 15 is 0 Å². The molecule has 1 aliphatic carbocycles. The van der Waals surface area contributed by atoms with Gasteiger partial charge in [-0.15, -0.1) is 0 Å². The molecule has 1 N–H and O–H groups in total. The molecule has 8 nitrogen and oxygen atoms in total. The molecule has 2 aromatic heterocycles. The Labute approximate surface area is 223 Å². The first kappa shape index (κ1) is 24.2. The van der Waals surface area contributed by atoms with E-state index in [0.29, 0.717) is 47.0 Å². The Hall–Kier alpha value is -3.20. The molecule has 10 heteroatoms. The Kier molecular flexibility index (Phi) is 6.06. The molecule has 1 aliphatic heterocycles. The van der Waals surface area contributed by atoms with Gasteiger partial charge < -0.3 is 10.0 Å². The predicted octanol–water partition coefficient (Wildman–Crippen LogP) is 4.32. The molecule has 2 aliphatic rings. The van der Waals surface area contributed by atoms with Gasteiger partial charge in [-0.2, -0.15) is 5.10 Å². The number of hydrogen-bond donors (Lipinski definition) is 1. The van der Waals surface area contributed by atoms with Gasteiger partial charge in [-0.25, -0.2) is 9.67 Å². The molecular formula is C27H25Cl2N5O3. The van der Waals surface area contributed by atoms with E-state index in [0.717, 1.165) is 29.7 Å². The van der Waals surface area contributed by atoms with Crippen LogP contribution in [0.2, 0.25) is 10.0 Å². The van der Waals surface area contributed by atoms with Gasteiger partial charge in [-0.3, -0.25) is 14.2 Å². The van der Waals surface area contributed by atoms with Gasteiger partial charge in [0.25, 0.3) is 5.56 Å². The number of amides is 1. The summed E-state index contributed by atoms with van der Waals surface area (Å²) in [4.78, 5) is 31.9. The molecule has 2 fully saturated rings. The topological polar surface area (TPSA) is 93.2 Å². The lowest BCUT2D eigenvalue weighted by molar-refractivity contribution is -0.137. The van der Waals surface area contributed by atoms with Gasteiger partial charge >= 0.3 is 0 Å². The summed E-state index contributed by atoms with van der Waals surface area (Å²) in [5.74, 6) is 0.362. The van der Waals surface area contributed by atoms with Gasteiger partial charge in [0.1, 0.15) is 11.7 Å². The fourth-order valence-electron chi connectivity index (χ4n) is 4.96. The largest absolute Gasteiger partial charge is 0.388 e. The summed E-state index contributed by atoms with van der Waals surface area (Å²) in [5.41, 5.74) is 1.59. The van der Waals surface area contributed by atoms with Crippen LogP contribution >= 0.6 is 23.2 Å². The van der Waals surface area contributed by atoms with E-state index in [1.807, 2.05) is 35.2 Å². The monoisotopic (exact) mass is 537 g/mol. The predicted molar refractivity (Wildman–Crippen MR) is 142 cm³/mol. The van der Waals surface area contributed by atoms with Crippen molar-refractivity contribution < 1.29 is 9.90 Å². The third-order valence-corrected chi connectivity index (χ3v) is 7.87. The van der Waals surface area contributed by atoms with E-state index in [4.69, 9.17) is 23.2 Å². The van der Waals surface area contributed by atoms with Gasteiger partial charge in [0.15, 0.2) is 5.65 Å². The highest BCUT2D eigenvalue weighted by molar-refractivity contribution is 6.35. The summed E-state index contributed by atoms with van der Waals surface area (Å²) in [5, 5.41) is 17.1. The summed E-state index contributed by atoms with van der Waals surface area (Å²) in [7, 11) is 0. The average molecular weight is 538 g/mol. The standard InChI is InChI=1S/C27H25Cl2N5O3/c28-19-5-8-23(29)21(13-19)17-3-6-20(7-4-17)34-24-22(14-31-34)26(36)33(16-30-24)15-27(37)9-11-32(12-10-27)25(35)18-1-2-18/h3-8,13-14,16,18,37H,1-2,9-12,15H2. The average Bonchev–Trinajstić information content (AvgIpc) is 3.66. The molecule has 0 unspecified atom stereocenters. The fourth-order valence-corrected chi connectivity index (χ4v) is 5.36. The van der Waals surface area contributed by atoms with Crippen molar-refractivity contribution in [3.05, 3.63) is 75.4 Å². The molecule has 190 valence electrons. The number of benzene rings is 2. The number of likely N-dealkylation sites (tertiary alicyclic amines) is 1. The molecule has 3 heterocycles. The number of carbonyl (C=O) groups excluding carboxylic acids is 1. The van der Waals surface area contributed by atoms with Crippen LogP contribution in [0.4, 0.5) is 0 Å². The van der Waals surface area contributed by atoms with Crippen molar-refractivity contribution in [2.24, 2.45) is 5.92 Å². The second-order valence-corrected chi connectivity index (χ2v) is 10.8. The van der Waals surface area contributed by atoms with E-state index in [2.05, 4.69) is 10.1 Å². The number of aromatic nitrogens is 4. The molecule has 4 aromatic rings. The van der Waals surface area contributed by atoms with Crippen LogP contribution in [-0.2, 0) is 11.3 Å². The molecule has 0 atom stereocenters. The molecular weight excluding hydrogens is 513 g/mol. The zero-order chi connectivity index (χ0) is 25.7. The van der Waals surface area contributed by atoms with Gasteiger partial charge in [0.05, 0.1) is 24.0 Å². The Morgan fingerprint density at radius 2 is 1.81 bits per heavy atom. The maximum absolute atomic E-state index is 13.2. The lowest BCUT2D eigenvalue weighted by Gasteiger charge is -2.38. The zero-order valence-electron chi connectivity index (χ0n) is 20.0. The Morgan fingerprint density at radius 1 is 1.08 bits per heavy atom. The smallest absolute Gasteiger partial charge is 0.264 e. The molecule has 0 spiro atoms. The molecule has 0 bridgehead atoms. The third kappa shape index (κ3) is 4.65. The zero-order valence-corrected chi connectivity index (χ0v) is 21.5. The van der Waals surface area contributed by atoms with Gasteiger partial charge in [0, 0.05) is 34.6 Å². The second-order valence-electron chi connectivity index (χ2n) is 9.97. The first-order chi connectivity index (χ1) is 17.8. The summed E-state index contributed by atoms with van der Waals surface area (Å²) in [6.07, 6.45) is 5.76. The summed E-state index contributed by atoms with van der Waals surface area (Å²) >= 11 is 12.5. The minimum atomic E-state index is -1.06. The second kappa shape index (κ2) is 9.28. The number of carbonyl (C=O) groups is 1. The van der Waals surface area contributed by atoms with E-state index in [1.165, 1.54) is 17.1 Å². The highest BCUT2D eigenvalue weighted by Crippen LogP contribution is 2.34. The molecule has 6 rings (SSSR count). The van der Waals surface area contributed by atoms with Crippen LogP contribution in [0.1, 0.15) is 25.7 Å². The van der Waals surface area contributed by atoms with Crippen LogP contribution < -0.4 is 5.56 Å². The molecule has 0 radical (unpaired) electrons. The van der Waals surface area contributed by atoms with Crippen molar-refractivity contribution in [3.63, 3.8) is 0 Å². The van der Waals surface area contributed by atoms with Crippen molar-refractivity contribution >= 4 is 40.1 Å². The highest BCUT2D eigenvalue weighted by Gasteiger charge is 2.39. The third-order valence-electron chi connectivity index (χ3n) is 7.30. The van der Waals surface area contributed by atoms with Crippen molar-refractivity contribution in [1.29, 1.82) is 0 Å². The van der Waals surface area contributed by atoms with Crippen molar-refractivity contribution in [3.8, 4) is 16.8 Å². The van der Waals surface area contributed by atoms with Crippen molar-refractivity contribution in [2.75, 3.05) is 13.1 Å². The van der Waals surface area contributed by atoms with Crippen molar-refractivity contribution in [2.45, 2.75) is 37.8 Å². The van der Waals surface area contributed by atoms with Gasteiger partial charge in [-0.1, -0.05) is 35.3 Å². The quantitative estimate of drug-likeness (QED) is 0.409. The molecule has 1 saturated heterocycles.